The molecular formula is C21H27ClF3N3O6. The van der Waals surface area contributed by atoms with E-state index in [9.17, 15) is 23.2 Å². The predicted molar refractivity (Wildman–Crippen MR) is 116 cm³/mol. The smallest absolute Gasteiger partial charge is 0.430 e. The third kappa shape index (κ3) is 6.66. The van der Waals surface area contributed by atoms with Crippen molar-refractivity contribution in [2.75, 3.05) is 19.9 Å². The molecule has 1 N–H and O–H groups in total. The number of aliphatic hydroxyl groups is 1. The molecule has 0 amide bonds. The highest BCUT2D eigenvalue weighted by Crippen LogP contribution is 2.42. The number of nitrogens with zero attached hydrogens (tertiary/aromatic N) is 3. The average Bonchev–Trinajstić information content (AvgIpc) is 2.71. The van der Waals surface area contributed by atoms with Gasteiger partial charge in [0, 0.05) is 10.6 Å². The van der Waals surface area contributed by atoms with Crippen LogP contribution in [-0.2, 0) is 19.8 Å². The van der Waals surface area contributed by atoms with E-state index in [1.165, 1.54) is 12.1 Å². The van der Waals surface area contributed by atoms with Crippen LogP contribution in [0.2, 0.25) is 5.02 Å². The molecule has 0 bridgehead atoms. The normalized spacial score (nSPS) is 16.5. The molecule has 1 heterocycles. The number of fused-ring (bicyclic) bond motifs is 1. The van der Waals surface area contributed by atoms with Crippen LogP contribution >= 0.6 is 11.6 Å². The van der Waals surface area contributed by atoms with Crippen LogP contribution in [-0.4, -0.2) is 59.3 Å². The molecular weight excluding hydrogens is 483 g/mol. The van der Waals surface area contributed by atoms with E-state index in [0.29, 0.717) is 10.6 Å². The van der Waals surface area contributed by atoms with Crippen molar-refractivity contribution in [3.63, 3.8) is 0 Å². The summed E-state index contributed by atoms with van der Waals surface area (Å²) in [5.74, 6) is -1.44. The van der Waals surface area contributed by atoms with Crippen LogP contribution in [0.4, 0.5) is 13.2 Å². The lowest BCUT2D eigenvalue weighted by molar-refractivity contribution is -0.718. The van der Waals surface area contributed by atoms with Gasteiger partial charge in [0.15, 0.2) is 0 Å². The first-order valence-electron chi connectivity index (χ1n) is 10.3. The van der Waals surface area contributed by atoms with Gasteiger partial charge in [0.2, 0.25) is 11.4 Å². The van der Waals surface area contributed by atoms with E-state index in [1.807, 2.05) is 20.8 Å². The molecule has 0 saturated heterocycles. The Balaban J connectivity index is 2.22. The zero-order valence-electron chi connectivity index (χ0n) is 19.4. The Morgan fingerprint density at radius 1 is 1.35 bits per heavy atom. The van der Waals surface area contributed by atoms with Gasteiger partial charge in [0.1, 0.15) is 12.3 Å². The molecule has 0 aromatic heterocycles. The molecule has 0 fully saturated rings. The van der Waals surface area contributed by atoms with Gasteiger partial charge in [-0.3, -0.25) is 0 Å². The quantitative estimate of drug-likeness (QED) is 0.139. The first-order valence-corrected chi connectivity index (χ1v) is 10.7. The number of benzene rings is 1. The van der Waals surface area contributed by atoms with Crippen LogP contribution in [0.1, 0.15) is 45.7 Å². The van der Waals surface area contributed by atoms with Crippen molar-refractivity contribution in [2.24, 2.45) is 5.28 Å². The summed E-state index contributed by atoms with van der Waals surface area (Å²) in [7, 11) is 0. The molecule has 1 aliphatic heterocycles. The van der Waals surface area contributed by atoms with Crippen molar-refractivity contribution in [2.45, 2.75) is 58.4 Å². The Bertz CT molecular complexity index is 960. The maximum atomic E-state index is 13.7. The van der Waals surface area contributed by atoms with Gasteiger partial charge in [-0.1, -0.05) is 32.4 Å². The number of aliphatic hydroxyl groups excluding tert-OH is 1. The zero-order chi connectivity index (χ0) is 25.8. The number of rotatable bonds is 8. The lowest BCUT2D eigenvalue weighted by Gasteiger charge is -2.30. The van der Waals surface area contributed by atoms with Gasteiger partial charge in [-0.05, 0) is 43.0 Å². The number of carbonyl (C=O) groups is 1. The fourth-order valence-corrected chi connectivity index (χ4v) is 3.58. The average molecular weight is 510 g/mol. The zero-order valence-corrected chi connectivity index (χ0v) is 20.1. The van der Waals surface area contributed by atoms with E-state index in [1.54, 1.807) is 13.8 Å². The van der Waals surface area contributed by atoms with E-state index >= 15 is 0 Å². The van der Waals surface area contributed by atoms with Crippen molar-refractivity contribution in [1.82, 2.24) is 5.01 Å². The molecule has 34 heavy (non-hydrogen) atoms. The Labute approximate surface area is 199 Å². The van der Waals surface area contributed by atoms with E-state index in [0.717, 1.165) is 11.1 Å². The summed E-state index contributed by atoms with van der Waals surface area (Å²) >= 11 is 6.29. The van der Waals surface area contributed by atoms with E-state index in [2.05, 4.69) is 10.1 Å². The first-order chi connectivity index (χ1) is 15.7. The second kappa shape index (κ2) is 10.7. The number of hydrazine groups is 1. The summed E-state index contributed by atoms with van der Waals surface area (Å²) in [6.45, 7) is 7.59. The van der Waals surface area contributed by atoms with Crippen molar-refractivity contribution in [1.29, 1.82) is 0 Å². The highest BCUT2D eigenvalue weighted by molar-refractivity contribution is 6.31. The Kier molecular flexibility index (Phi) is 8.65. The molecule has 0 radical (unpaired) electrons. The third-order valence-corrected chi connectivity index (χ3v) is 5.11. The maximum absolute atomic E-state index is 13.7. The molecule has 0 aliphatic carbocycles. The molecule has 1 aromatic rings. The second-order valence-electron chi connectivity index (χ2n) is 8.75. The topological polar surface area (TPSA) is 107 Å². The fraction of sp³-hybridized carbons (Fsp3) is 0.571. The van der Waals surface area contributed by atoms with Crippen LogP contribution < -0.4 is 4.74 Å². The molecule has 13 heteroatoms. The molecule has 1 aromatic carbocycles. The molecule has 1 aliphatic rings. The van der Waals surface area contributed by atoms with Crippen LogP contribution in [0.3, 0.4) is 0 Å². The molecule has 0 unspecified atom stereocenters. The minimum Gasteiger partial charge on any atom is -0.569 e. The summed E-state index contributed by atoms with van der Waals surface area (Å²) in [6, 6.07) is 2.51. The van der Waals surface area contributed by atoms with Crippen LogP contribution in [0.25, 0.3) is 6.08 Å². The number of halogens is 4. The monoisotopic (exact) mass is 509 g/mol. The molecule has 190 valence electrons. The van der Waals surface area contributed by atoms with Crippen molar-refractivity contribution < 1.29 is 42.4 Å². The molecule has 0 spiro atoms. The maximum Gasteiger partial charge on any atom is 0.430 e. The van der Waals surface area contributed by atoms with Crippen LogP contribution in [0.15, 0.2) is 23.0 Å². The van der Waals surface area contributed by atoms with Gasteiger partial charge in [-0.15, -0.1) is 5.01 Å². The molecule has 9 nitrogen and oxygen atoms in total. The summed E-state index contributed by atoms with van der Waals surface area (Å²) < 4.78 is 50.9. The standard InChI is InChI=1S/C21H27ClF3N3O6/c1-12(2)27(6-7-29)28(31)26-33-11-32-19(30)14-8-13-9-16(22)15(20(3,4)5)10-17(13)34-18(14)21(23,24)25/h8-10,12,18,29H,6-7,11H2,1-5H3/b28-26-/t18-/m0/s1. The number of alkyl halides is 3. The summed E-state index contributed by atoms with van der Waals surface area (Å²) in [4.78, 5) is 17.0. The lowest BCUT2D eigenvalue weighted by Crippen LogP contribution is -2.41. The number of ether oxygens (including phenoxy) is 2. The summed E-state index contributed by atoms with van der Waals surface area (Å²) in [6.07, 6.45) is -6.49. The Morgan fingerprint density at radius 3 is 2.53 bits per heavy atom. The van der Waals surface area contributed by atoms with Crippen molar-refractivity contribution in [3.8, 4) is 5.75 Å². The molecule has 1 atom stereocenters. The number of hydrogen-bond acceptors (Lipinski definition) is 7. The Morgan fingerprint density at radius 2 is 2.00 bits per heavy atom. The van der Waals surface area contributed by atoms with Gasteiger partial charge in [-0.25, -0.2) is 4.79 Å². The molecule has 0 saturated carbocycles. The second-order valence-corrected chi connectivity index (χ2v) is 9.16. The highest BCUT2D eigenvalue weighted by atomic mass is 35.5. The number of hydrogen-bond donors (Lipinski definition) is 1. The predicted octanol–water partition coefficient (Wildman–Crippen LogP) is 4.36. The van der Waals surface area contributed by atoms with Gasteiger partial charge < -0.3 is 24.6 Å². The minimum absolute atomic E-state index is 0.0375. The van der Waals surface area contributed by atoms with Crippen LogP contribution in [0.5, 0.6) is 5.75 Å². The SMILES string of the molecule is CC(C)N(CCO)/[N+]([O-])=N/OCOC(=O)C1=Cc2cc(Cl)c(C(C)(C)C)cc2O[C@@H]1C(F)(F)F. The molecule has 2 rings (SSSR count). The van der Waals surface area contributed by atoms with E-state index in [4.69, 9.17) is 26.2 Å². The minimum atomic E-state index is -4.91. The third-order valence-electron chi connectivity index (χ3n) is 4.79. The van der Waals surface area contributed by atoms with Crippen molar-refractivity contribution in [3.05, 3.63) is 39.1 Å². The van der Waals surface area contributed by atoms with E-state index in [-0.39, 0.29) is 35.5 Å². The number of carbonyl (C=O) groups excluding carboxylic acids is 1. The largest absolute Gasteiger partial charge is 0.569 e. The van der Waals surface area contributed by atoms with E-state index < -0.39 is 36.0 Å². The summed E-state index contributed by atoms with van der Waals surface area (Å²) in [5.41, 5.74) is -0.503. The van der Waals surface area contributed by atoms with Gasteiger partial charge in [0.05, 0.1) is 23.2 Å². The van der Waals surface area contributed by atoms with Gasteiger partial charge >= 0.3 is 12.1 Å². The lowest BCUT2D eigenvalue weighted by atomic mass is 9.85. The Hall–Kier alpha value is -2.73. The van der Waals surface area contributed by atoms with Crippen molar-refractivity contribution >= 4 is 23.6 Å². The highest BCUT2D eigenvalue weighted by Gasteiger charge is 2.49. The van der Waals surface area contributed by atoms with Crippen LogP contribution in [0, 0.1) is 5.21 Å². The first kappa shape index (κ1) is 27.5. The van der Waals surface area contributed by atoms with Gasteiger partial charge in [-0.2, -0.15) is 13.2 Å². The number of esters is 1. The fourth-order valence-electron chi connectivity index (χ4n) is 3.13. The summed E-state index contributed by atoms with van der Waals surface area (Å²) in [5, 5.41) is 25.4. The van der Waals surface area contributed by atoms with Gasteiger partial charge in [0.25, 0.3) is 6.79 Å².